The molecule has 1 atom stereocenters. The van der Waals surface area contributed by atoms with Crippen LogP contribution in [0, 0.1) is 5.82 Å². The molecule has 2 N–H and O–H groups in total. The molecular weight excluding hydrogens is 403 g/mol. The van der Waals surface area contributed by atoms with Crippen molar-refractivity contribution in [3.63, 3.8) is 0 Å². The average molecular weight is 419 g/mol. The highest BCUT2D eigenvalue weighted by Gasteiger charge is 2.30. The van der Waals surface area contributed by atoms with Gasteiger partial charge in [0, 0.05) is 17.1 Å². The lowest BCUT2D eigenvalue weighted by Crippen LogP contribution is -2.41. The number of nitrogens with one attached hydrogen (secondary N) is 2. The molecule has 0 radical (unpaired) electrons. The molecule has 0 saturated carbocycles. The van der Waals surface area contributed by atoms with Crippen molar-refractivity contribution in [3.05, 3.63) is 64.9 Å². The van der Waals surface area contributed by atoms with Crippen molar-refractivity contribution in [2.75, 3.05) is 5.32 Å². The Hall–Kier alpha value is -2.71. The Labute approximate surface area is 170 Å². The number of hydrogen-bond acceptors (Lipinski definition) is 5. The summed E-state index contributed by atoms with van der Waals surface area (Å²) in [6.45, 7) is 1.72. The van der Waals surface area contributed by atoms with E-state index in [1.807, 2.05) is 0 Å². The Morgan fingerprint density at radius 3 is 2.75 bits per heavy atom. The van der Waals surface area contributed by atoms with Gasteiger partial charge in [0.25, 0.3) is 0 Å². The second-order valence-electron chi connectivity index (χ2n) is 5.96. The first kappa shape index (κ1) is 20.0. The van der Waals surface area contributed by atoms with E-state index in [0.29, 0.717) is 22.0 Å². The zero-order valence-corrected chi connectivity index (χ0v) is 16.4. The number of amidine groups is 1. The summed E-state index contributed by atoms with van der Waals surface area (Å²) < 4.78 is 13.0. The van der Waals surface area contributed by atoms with Crippen LogP contribution in [0.5, 0.6) is 0 Å². The van der Waals surface area contributed by atoms with Gasteiger partial charge in [0.05, 0.1) is 5.71 Å². The molecule has 0 spiro atoms. The summed E-state index contributed by atoms with van der Waals surface area (Å²) in [5.74, 6) is -0.987. The van der Waals surface area contributed by atoms with Gasteiger partial charge in [-0.3, -0.25) is 9.59 Å². The number of thioether (sulfide) groups is 1. The molecule has 0 unspecified atom stereocenters. The van der Waals surface area contributed by atoms with Crippen LogP contribution in [0.3, 0.4) is 0 Å². The van der Waals surface area contributed by atoms with Crippen molar-refractivity contribution in [1.82, 2.24) is 5.32 Å². The van der Waals surface area contributed by atoms with Crippen LogP contribution >= 0.6 is 23.4 Å². The standard InChI is InChI=1S/C19H16ClFN4O2S/c1-11(12-5-7-14(21)8-6-12)24-25-19-23-17(26)10-16(28-19)18(27)22-15-4-2-3-13(20)9-15/h2-9,16H,10H2,1H3,(H,22,27)(H,23,25,26)/b24-11+/t16-/m1/s1. The molecule has 6 nitrogen and oxygen atoms in total. The maximum atomic E-state index is 13.0. The lowest BCUT2D eigenvalue weighted by atomic mass is 10.1. The van der Waals surface area contributed by atoms with Crippen LogP contribution in [0.15, 0.2) is 58.7 Å². The van der Waals surface area contributed by atoms with Crippen molar-refractivity contribution in [2.24, 2.45) is 10.2 Å². The normalized spacial score (nSPS) is 18.7. The molecule has 1 heterocycles. The highest BCUT2D eigenvalue weighted by Crippen LogP contribution is 2.23. The zero-order valence-electron chi connectivity index (χ0n) is 14.8. The minimum atomic E-state index is -0.646. The van der Waals surface area contributed by atoms with E-state index in [1.165, 1.54) is 12.1 Å². The van der Waals surface area contributed by atoms with Crippen LogP contribution in [0.4, 0.5) is 10.1 Å². The Morgan fingerprint density at radius 2 is 2.04 bits per heavy atom. The van der Waals surface area contributed by atoms with Gasteiger partial charge in [0.15, 0.2) is 5.17 Å². The van der Waals surface area contributed by atoms with E-state index in [1.54, 1.807) is 43.3 Å². The maximum absolute atomic E-state index is 13.0. The van der Waals surface area contributed by atoms with Crippen LogP contribution < -0.4 is 10.6 Å². The smallest absolute Gasteiger partial charge is 0.238 e. The van der Waals surface area contributed by atoms with Gasteiger partial charge in [-0.1, -0.05) is 41.6 Å². The monoisotopic (exact) mass is 418 g/mol. The fourth-order valence-electron chi connectivity index (χ4n) is 2.40. The van der Waals surface area contributed by atoms with E-state index in [2.05, 4.69) is 20.8 Å². The molecule has 28 heavy (non-hydrogen) atoms. The summed E-state index contributed by atoms with van der Waals surface area (Å²) in [7, 11) is 0. The zero-order chi connectivity index (χ0) is 20.1. The number of rotatable bonds is 4. The number of benzene rings is 2. The molecule has 0 aliphatic carbocycles. The minimum Gasteiger partial charge on any atom is -0.325 e. The quantitative estimate of drug-likeness (QED) is 0.585. The van der Waals surface area contributed by atoms with Crippen molar-refractivity contribution in [1.29, 1.82) is 0 Å². The molecule has 1 aliphatic rings. The molecule has 9 heteroatoms. The predicted octanol–water partition coefficient (Wildman–Crippen LogP) is 3.82. The van der Waals surface area contributed by atoms with E-state index in [9.17, 15) is 14.0 Å². The lowest BCUT2D eigenvalue weighted by Gasteiger charge is -2.21. The van der Waals surface area contributed by atoms with Gasteiger partial charge in [-0.2, -0.15) is 5.10 Å². The van der Waals surface area contributed by atoms with Crippen LogP contribution in [0.25, 0.3) is 0 Å². The molecule has 2 aromatic carbocycles. The van der Waals surface area contributed by atoms with E-state index < -0.39 is 5.25 Å². The second-order valence-corrected chi connectivity index (χ2v) is 7.58. The summed E-state index contributed by atoms with van der Waals surface area (Å²) in [5.41, 5.74) is 1.80. The first-order chi connectivity index (χ1) is 13.4. The summed E-state index contributed by atoms with van der Waals surface area (Å²) in [6.07, 6.45) is 0.0245. The molecule has 2 aromatic rings. The van der Waals surface area contributed by atoms with E-state index in [4.69, 9.17) is 11.6 Å². The van der Waals surface area contributed by atoms with Crippen molar-refractivity contribution < 1.29 is 14.0 Å². The van der Waals surface area contributed by atoms with Crippen LogP contribution in [0.2, 0.25) is 5.02 Å². The Balaban J connectivity index is 1.70. The summed E-state index contributed by atoms with van der Waals surface area (Å²) in [4.78, 5) is 24.4. The average Bonchev–Trinajstić information content (AvgIpc) is 2.66. The largest absolute Gasteiger partial charge is 0.325 e. The first-order valence-electron chi connectivity index (χ1n) is 8.32. The Bertz CT molecular complexity index is 963. The fraction of sp³-hybridized carbons (Fsp3) is 0.158. The highest BCUT2D eigenvalue weighted by molar-refractivity contribution is 8.15. The first-order valence-corrected chi connectivity index (χ1v) is 9.57. The molecule has 0 aromatic heterocycles. The SMILES string of the molecule is C/C(=N\N=C1/NC(=O)C[C@H](C(=O)Nc2cccc(Cl)c2)S1)c1ccc(F)cc1. The summed E-state index contributed by atoms with van der Waals surface area (Å²) >= 11 is 7.03. The molecule has 1 aliphatic heterocycles. The van der Waals surface area contributed by atoms with Gasteiger partial charge >= 0.3 is 0 Å². The molecule has 1 fully saturated rings. The molecule has 1 saturated heterocycles. The van der Waals surface area contributed by atoms with Gasteiger partial charge in [-0.05, 0) is 42.8 Å². The van der Waals surface area contributed by atoms with Crippen molar-refractivity contribution >= 4 is 51.7 Å². The van der Waals surface area contributed by atoms with Gasteiger partial charge in [0.2, 0.25) is 11.8 Å². The minimum absolute atomic E-state index is 0.0245. The predicted molar refractivity (Wildman–Crippen MR) is 110 cm³/mol. The van der Waals surface area contributed by atoms with E-state index in [-0.39, 0.29) is 29.2 Å². The highest BCUT2D eigenvalue weighted by atomic mass is 35.5. The number of carbonyl (C=O) groups is 2. The third kappa shape index (κ3) is 5.40. The number of nitrogens with zero attached hydrogens (tertiary/aromatic N) is 2. The molecule has 144 valence electrons. The summed E-state index contributed by atoms with van der Waals surface area (Å²) in [6, 6.07) is 12.6. The van der Waals surface area contributed by atoms with E-state index in [0.717, 1.165) is 11.8 Å². The number of amides is 2. The maximum Gasteiger partial charge on any atom is 0.238 e. The number of halogens is 2. The molecule has 0 bridgehead atoms. The lowest BCUT2D eigenvalue weighted by molar-refractivity contribution is -0.123. The van der Waals surface area contributed by atoms with Crippen LogP contribution in [-0.4, -0.2) is 27.9 Å². The van der Waals surface area contributed by atoms with Gasteiger partial charge < -0.3 is 10.6 Å². The Morgan fingerprint density at radius 1 is 1.29 bits per heavy atom. The van der Waals surface area contributed by atoms with E-state index >= 15 is 0 Å². The third-order valence-electron chi connectivity index (χ3n) is 3.81. The van der Waals surface area contributed by atoms with Crippen LogP contribution in [0.1, 0.15) is 18.9 Å². The molecule has 3 rings (SSSR count). The van der Waals surface area contributed by atoms with Gasteiger partial charge in [-0.25, -0.2) is 4.39 Å². The molecule has 2 amide bonds. The Kier molecular flexibility index (Phi) is 6.43. The van der Waals surface area contributed by atoms with Gasteiger partial charge in [-0.15, -0.1) is 5.10 Å². The fourth-order valence-corrected chi connectivity index (χ4v) is 3.52. The van der Waals surface area contributed by atoms with Crippen molar-refractivity contribution in [3.8, 4) is 0 Å². The topological polar surface area (TPSA) is 82.9 Å². The van der Waals surface area contributed by atoms with Gasteiger partial charge in [0.1, 0.15) is 11.1 Å². The second kappa shape index (κ2) is 8.99. The number of carbonyl (C=O) groups excluding carboxylic acids is 2. The number of hydrogen-bond donors (Lipinski definition) is 2. The number of anilines is 1. The van der Waals surface area contributed by atoms with Crippen LogP contribution in [-0.2, 0) is 9.59 Å². The molecular formula is C19H16ClFN4O2S. The van der Waals surface area contributed by atoms with Crippen molar-refractivity contribution in [2.45, 2.75) is 18.6 Å². The summed E-state index contributed by atoms with van der Waals surface area (Å²) in [5, 5.41) is 13.5. The third-order valence-corrected chi connectivity index (χ3v) is 5.12.